The predicted octanol–water partition coefficient (Wildman–Crippen LogP) is -2.05. The lowest BCUT2D eigenvalue weighted by atomic mass is 10.1. The third kappa shape index (κ3) is 3.60. The van der Waals surface area contributed by atoms with Crippen molar-refractivity contribution < 1.29 is 43.7 Å². The molecule has 15 heteroatoms. The molecule has 0 saturated carbocycles. The van der Waals surface area contributed by atoms with Crippen molar-refractivity contribution in [1.29, 1.82) is 0 Å². The average molecular weight is 448 g/mol. The van der Waals surface area contributed by atoms with E-state index in [1.807, 2.05) is 0 Å². The molecule has 0 radical (unpaired) electrons. The summed E-state index contributed by atoms with van der Waals surface area (Å²) < 4.78 is 28.7. The molecule has 5 N–H and O–H groups in total. The van der Waals surface area contributed by atoms with Gasteiger partial charge in [0.15, 0.2) is 23.6 Å². The summed E-state index contributed by atoms with van der Waals surface area (Å²) >= 11 is 0. The molecule has 6 bridgehead atoms. The fourth-order valence-corrected chi connectivity index (χ4v) is 4.27. The highest BCUT2D eigenvalue weighted by Gasteiger charge is 2.58. The lowest BCUT2D eigenvalue weighted by Gasteiger charge is -2.27. The second kappa shape index (κ2) is 7.75. The number of hydrogen-bond acceptors (Lipinski definition) is 11. The molecule has 2 unspecified atom stereocenters. The van der Waals surface area contributed by atoms with Crippen LogP contribution in [0.2, 0.25) is 0 Å². The number of rotatable bonds is 0. The van der Waals surface area contributed by atoms with E-state index in [1.54, 1.807) is 0 Å². The van der Waals surface area contributed by atoms with Crippen LogP contribution in [-0.4, -0.2) is 75.6 Å². The Kier molecular flexibility index (Phi) is 5.55. The molecule has 1 saturated heterocycles. The molecule has 1 fully saturated rings. The van der Waals surface area contributed by atoms with Crippen molar-refractivity contribution >= 4 is 19.0 Å². The first-order valence-electron chi connectivity index (χ1n) is 9.17. The molecule has 5 heterocycles. The van der Waals surface area contributed by atoms with E-state index in [9.17, 15) is 34.7 Å². The second-order valence-corrected chi connectivity index (χ2v) is 8.47. The minimum Gasteiger partial charge on any atom is -0.387 e. The Morgan fingerprint density at radius 3 is 2.70 bits per heavy atom. The van der Waals surface area contributed by atoms with Crippen LogP contribution in [0.3, 0.4) is 0 Å². The summed E-state index contributed by atoms with van der Waals surface area (Å²) in [5.41, 5.74) is -0.735. The highest BCUT2D eigenvalue weighted by molar-refractivity contribution is 7.47. The van der Waals surface area contributed by atoms with Crippen molar-refractivity contribution in [3.8, 4) is 0 Å². The first-order valence-corrected chi connectivity index (χ1v) is 10.7. The van der Waals surface area contributed by atoms with Gasteiger partial charge < -0.3 is 30.1 Å². The summed E-state index contributed by atoms with van der Waals surface area (Å²) in [4.78, 5) is 30.4. The molecule has 0 amide bonds. The number of fused-ring (bicyclic) bond motifs is 9. The first-order chi connectivity index (χ1) is 14.1. The molecule has 0 aliphatic carbocycles. The van der Waals surface area contributed by atoms with Crippen LogP contribution in [0.15, 0.2) is 17.4 Å². The Labute approximate surface area is 168 Å². The van der Waals surface area contributed by atoms with Gasteiger partial charge in [0, 0.05) is 6.54 Å². The van der Waals surface area contributed by atoms with Crippen LogP contribution in [-0.2, 0) is 30.8 Å². The van der Waals surface area contributed by atoms with Crippen LogP contribution < -0.4 is 5.56 Å². The fraction of sp³-hybridized carbons (Fsp3) is 0.667. The van der Waals surface area contributed by atoms with E-state index in [0.29, 0.717) is 25.8 Å². The highest BCUT2D eigenvalue weighted by Crippen LogP contribution is 2.47. The highest BCUT2D eigenvalue weighted by atomic mass is 31.2. The molecule has 0 aromatic carbocycles. The molecule has 2 aromatic rings. The smallest absolute Gasteiger partial charge is 0.387 e. The molecule has 166 valence electrons. The number of aliphatic hydroxyl groups is 4. The zero-order valence-electron chi connectivity index (χ0n) is 15.5. The number of phosphoric acid groups is 1. The number of hydrogen-bond donors (Lipinski definition) is 5. The van der Waals surface area contributed by atoms with E-state index in [4.69, 9.17) is 9.26 Å². The number of ether oxygens (including phenoxy) is 1. The van der Waals surface area contributed by atoms with Crippen LogP contribution in [0.1, 0.15) is 19.3 Å². The molecule has 14 nitrogen and oxygen atoms in total. The first kappa shape index (κ1) is 21.5. The van der Waals surface area contributed by atoms with Crippen molar-refractivity contribution in [2.45, 2.75) is 56.3 Å². The maximum Gasteiger partial charge on any atom is 0.474 e. The van der Waals surface area contributed by atoms with E-state index >= 15 is 0 Å². The van der Waals surface area contributed by atoms with E-state index < -0.39 is 43.9 Å². The van der Waals surface area contributed by atoms with Gasteiger partial charge in [-0.15, -0.1) is 0 Å². The molecule has 30 heavy (non-hydrogen) atoms. The zero-order chi connectivity index (χ0) is 21.7. The monoisotopic (exact) mass is 448 g/mol. The maximum absolute atomic E-state index is 12.7. The summed E-state index contributed by atoms with van der Waals surface area (Å²) in [6.07, 6.45) is -4.40. The van der Waals surface area contributed by atoms with E-state index in [0.717, 1.165) is 10.9 Å². The van der Waals surface area contributed by atoms with Gasteiger partial charge in [0.05, 0.1) is 6.61 Å². The van der Waals surface area contributed by atoms with Gasteiger partial charge in [-0.1, -0.05) is 0 Å². The maximum atomic E-state index is 12.7. The number of imidazole rings is 1. The summed E-state index contributed by atoms with van der Waals surface area (Å²) in [6, 6.07) is 0. The predicted molar refractivity (Wildman–Crippen MR) is 95.6 cm³/mol. The third-order valence-electron chi connectivity index (χ3n) is 5.05. The zero-order valence-corrected chi connectivity index (χ0v) is 16.4. The van der Waals surface area contributed by atoms with E-state index in [-0.39, 0.29) is 17.8 Å². The van der Waals surface area contributed by atoms with Gasteiger partial charge >= 0.3 is 7.82 Å². The second-order valence-electron chi connectivity index (χ2n) is 7.06. The van der Waals surface area contributed by atoms with Crippen LogP contribution in [0, 0.1) is 0 Å². The number of aliphatic hydroxyl groups excluding tert-OH is 3. The summed E-state index contributed by atoms with van der Waals surface area (Å²) in [7, 11) is -4.73. The van der Waals surface area contributed by atoms with Gasteiger partial charge in [-0.05, 0) is 19.3 Å². The molecular formula is C15H21N4O10P. The van der Waals surface area contributed by atoms with Crippen LogP contribution in [0.25, 0.3) is 11.2 Å². The van der Waals surface area contributed by atoms with Crippen molar-refractivity contribution in [2.24, 2.45) is 0 Å². The van der Waals surface area contributed by atoms with Gasteiger partial charge in [-0.25, -0.2) is 14.5 Å². The normalized spacial score (nSPS) is 38.3. The Morgan fingerprint density at radius 1 is 1.17 bits per heavy atom. The number of aryl methyl sites for hydroxylation is 1. The van der Waals surface area contributed by atoms with Gasteiger partial charge in [0.1, 0.15) is 24.9 Å². The minimum absolute atomic E-state index is 0.107. The van der Waals surface area contributed by atoms with Gasteiger partial charge in [0.25, 0.3) is 11.5 Å². The Balaban J connectivity index is 1.78. The third-order valence-corrected chi connectivity index (χ3v) is 6.04. The standard InChI is InChI=1S/C15H21N4O10P/c20-9-10-14(23)29-30(25,26)27-5-3-1-2-4-18-6-17-12-8(13(18)22)16-7-19(12)15(24,28-10)11(9)21/h6-7,9-11,14,20-21,23-24H,1-5H2,(H,25,26)/t9-,10+,11-,14?,15+/m1/s1. The average Bonchev–Trinajstić information content (AvgIpc) is 3.22. The van der Waals surface area contributed by atoms with Crippen LogP contribution in [0.4, 0.5) is 0 Å². The van der Waals surface area contributed by atoms with Crippen molar-refractivity contribution in [3.05, 3.63) is 23.0 Å². The van der Waals surface area contributed by atoms with E-state index in [1.165, 1.54) is 10.9 Å². The fourth-order valence-electron chi connectivity index (χ4n) is 3.46. The molecule has 3 aliphatic heterocycles. The van der Waals surface area contributed by atoms with Gasteiger partial charge in [-0.3, -0.25) is 23.0 Å². The number of nitrogens with zero attached hydrogens (tertiary/aromatic N) is 4. The molecular weight excluding hydrogens is 427 g/mol. The molecule has 2 aromatic heterocycles. The quantitative estimate of drug-likeness (QED) is 0.277. The topological polar surface area (TPSA) is 199 Å². The Morgan fingerprint density at radius 2 is 1.93 bits per heavy atom. The number of aromatic nitrogens is 4. The molecule has 0 spiro atoms. The largest absolute Gasteiger partial charge is 0.474 e. The Bertz CT molecular complexity index is 1040. The van der Waals surface area contributed by atoms with E-state index in [2.05, 4.69) is 14.5 Å². The molecule has 3 aliphatic rings. The van der Waals surface area contributed by atoms with Crippen LogP contribution >= 0.6 is 7.82 Å². The summed E-state index contributed by atoms with van der Waals surface area (Å²) in [5, 5.41) is 41.6. The SMILES string of the molecule is O=c1c2ncn3c2ncn1CCCCCOP(=O)(O)OC(O)[C@H]1O[C@@]3(O)[C@H](O)[C@@H]1O. The van der Waals surface area contributed by atoms with Gasteiger partial charge in [-0.2, -0.15) is 0 Å². The van der Waals surface area contributed by atoms with Crippen molar-refractivity contribution in [1.82, 2.24) is 19.1 Å². The van der Waals surface area contributed by atoms with Crippen molar-refractivity contribution in [2.75, 3.05) is 6.61 Å². The van der Waals surface area contributed by atoms with Gasteiger partial charge in [0.2, 0.25) is 0 Å². The molecule has 6 atom stereocenters. The molecule has 5 rings (SSSR count). The Hall–Kier alpha value is -1.74. The van der Waals surface area contributed by atoms with Crippen molar-refractivity contribution in [3.63, 3.8) is 0 Å². The lowest BCUT2D eigenvalue weighted by Crippen LogP contribution is -2.45. The summed E-state index contributed by atoms with van der Waals surface area (Å²) in [5.74, 6) is -2.71. The van der Waals surface area contributed by atoms with Crippen LogP contribution in [0.5, 0.6) is 0 Å². The summed E-state index contributed by atoms with van der Waals surface area (Å²) in [6.45, 7) is 0.126. The minimum atomic E-state index is -4.73. The lowest BCUT2D eigenvalue weighted by molar-refractivity contribution is -0.301. The number of phosphoric ester groups is 1.